The Morgan fingerprint density at radius 1 is 1.00 bits per heavy atom. The summed E-state index contributed by atoms with van der Waals surface area (Å²) in [4.78, 5) is 15.4. The van der Waals surface area contributed by atoms with Crippen LogP contribution in [0.25, 0.3) is 0 Å². The summed E-state index contributed by atoms with van der Waals surface area (Å²) in [6.45, 7) is 4.78. The Hall–Kier alpha value is -2.98. The van der Waals surface area contributed by atoms with Crippen molar-refractivity contribution < 1.29 is 9.18 Å². The molecule has 4 heteroatoms. The number of hydrogen-bond acceptors (Lipinski definition) is 2. The second-order valence-electron chi connectivity index (χ2n) is 8.53. The van der Waals surface area contributed by atoms with E-state index in [2.05, 4.69) is 65.7 Å². The largest absolute Gasteiger partial charge is 0.352 e. The average Bonchev–Trinajstić information content (AvgIpc) is 2.79. The Balaban J connectivity index is 1.49. The van der Waals surface area contributed by atoms with Gasteiger partial charge in [-0.1, -0.05) is 78.4 Å². The second-order valence-corrected chi connectivity index (χ2v) is 8.53. The summed E-state index contributed by atoms with van der Waals surface area (Å²) in [5.74, 6) is -0.121. The van der Waals surface area contributed by atoms with Crippen LogP contribution in [0.4, 0.5) is 4.39 Å². The van der Waals surface area contributed by atoms with Crippen molar-refractivity contribution in [3.63, 3.8) is 0 Å². The molecule has 1 saturated heterocycles. The van der Waals surface area contributed by atoms with Gasteiger partial charge in [-0.2, -0.15) is 0 Å². The van der Waals surface area contributed by atoms with Gasteiger partial charge in [0.25, 0.3) is 0 Å². The molecule has 3 nitrogen and oxygen atoms in total. The van der Waals surface area contributed by atoms with Crippen LogP contribution in [0.1, 0.15) is 34.6 Å². The number of carbonyl (C=O) groups excluding carboxylic acids is 1. The molecule has 0 spiro atoms. The molecule has 0 aromatic heterocycles. The molecule has 1 aliphatic rings. The van der Waals surface area contributed by atoms with Crippen LogP contribution in [0.15, 0.2) is 78.9 Å². The molecule has 3 aromatic carbocycles. The molecule has 3 aromatic rings. The normalized spacial score (nSPS) is 19.2. The van der Waals surface area contributed by atoms with Gasteiger partial charge in [-0.05, 0) is 36.5 Å². The summed E-state index contributed by atoms with van der Waals surface area (Å²) >= 11 is 0. The van der Waals surface area contributed by atoms with Gasteiger partial charge in [0, 0.05) is 31.7 Å². The lowest BCUT2D eigenvalue weighted by Crippen LogP contribution is -2.45. The number of amides is 1. The topological polar surface area (TPSA) is 32.3 Å². The van der Waals surface area contributed by atoms with Gasteiger partial charge in [-0.25, -0.2) is 4.39 Å². The molecule has 1 aliphatic heterocycles. The average molecular weight is 417 g/mol. The van der Waals surface area contributed by atoms with Crippen LogP contribution in [0.2, 0.25) is 0 Å². The number of benzene rings is 3. The van der Waals surface area contributed by atoms with Gasteiger partial charge in [0.1, 0.15) is 5.82 Å². The molecule has 2 atom stereocenters. The lowest BCUT2D eigenvalue weighted by Gasteiger charge is -2.37. The monoisotopic (exact) mass is 416 g/mol. The predicted molar refractivity (Wildman–Crippen MR) is 122 cm³/mol. The van der Waals surface area contributed by atoms with E-state index < -0.39 is 0 Å². The summed E-state index contributed by atoms with van der Waals surface area (Å²) in [5.41, 5.74) is 4.28. The van der Waals surface area contributed by atoms with Gasteiger partial charge < -0.3 is 5.32 Å². The van der Waals surface area contributed by atoms with E-state index in [4.69, 9.17) is 0 Å². The van der Waals surface area contributed by atoms with Crippen molar-refractivity contribution in [1.29, 1.82) is 0 Å². The third kappa shape index (κ3) is 5.59. The van der Waals surface area contributed by atoms with E-state index in [1.165, 1.54) is 22.8 Å². The quantitative estimate of drug-likeness (QED) is 0.609. The van der Waals surface area contributed by atoms with Crippen molar-refractivity contribution in [3.05, 3.63) is 107 Å². The van der Waals surface area contributed by atoms with E-state index in [-0.39, 0.29) is 24.2 Å². The molecule has 0 bridgehead atoms. The van der Waals surface area contributed by atoms with Gasteiger partial charge in [-0.3, -0.25) is 9.69 Å². The smallest absolute Gasteiger partial charge is 0.224 e. The highest BCUT2D eigenvalue weighted by Gasteiger charge is 2.32. The number of nitrogens with zero attached hydrogens (tertiary/aromatic N) is 1. The number of piperidine rings is 1. The molecule has 0 saturated carbocycles. The molecule has 4 rings (SSSR count). The molecule has 0 aliphatic carbocycles. The maximum Gasteiger partial charge on any atom is 0.224 e. The number of rotatable bonds is 6. The fourth-order valence-corrected chi connectivity index (χ4v) is 4.49. The zero-order valence-electron chi connectivity index (χ0n) is 17.9. The highest BCUT2D eigenvalue weighted by molar-refractivity contribution is 5.79. The molecule has 160 valence electrons. The minimum atomic E-state index is -0.283. The Morgan fingerprint density at radius 2 is 1.77 bits per heavy atom. The van der Waals surface area contributed by atoms with Gasteiger partial charge in [-0.15, -0.1) is 0 Å². The van der Waals surface area contributed by atoms with E-state index in [0.29, 0.717) is 18.0 Å². The zero-order chi connectivity index (χ0) is 21.6. The van der Waals surface area contributed by atoms with Crippen LogP contribution in [0.5, 0.6) is 0 Å². The van der Waals surface area contributed by atoms with Gasteiger partial charge in [0.15, 0.2) is 0 Å². The molecule has 1 heterocycles. The summed E-state index contributed by atoms with van der Waals surface area (Å²) < 4.78 is 13.9. The number of carbonyl (C=O) groups is 1. The van der Waals surface area contributed by atoms with Gasteiger partial charge in [0.05, 0.1) is 5.92 Å². The fourth-order valence-electron chi connectivity index (χ4n) is 4.49. The van der Waals surface area contributed by atoms with Crippen LogP contribution in [-0.2, 0) is 17.9 Å². The van der Waals surface area contributed by atoms with E-state index >= 15 is 0 Å². The van der Waals surface area contributed by atoms with E-state index in [1.807, 2.05) is 6.07 Å². The first-order chi connectivity index (χ1) is 15.1. The summed E-state index contributed by atoms with van der Waals surface area (Å²) in [6.07, 6.45) is 0.803. The van der Waals surface area contributed by atoms with Crippen LogP contribution in [0, 0.1) is 18.7 Å². The summed E-state index contributed by atoms with van der Waals surface area (Å²) in [5, 5.41) is 2.97. The predicted octanol–water partition coefficient (Wildman–Crippen LogP) is 5.06. The molecule has 31 heavy (non-hydrogen) atoms. The maximum atomic E-state index is 13.9. The van der Waals surface area contributed by atoms with Crippen molar-refractivity contribution in [2.75, 3.05) is 13.1 Å². The van der Waals surface area contributed by atoms with E-state index in [9.17, 15) is 9.18 Å². The first-order valence-corrected chi connectivity index (χ1v) is 10.9. The summed E-state index contributed by atoms with van der Waals surface area (Å²) in [7, 11) is 0. The molecular formula is C27H29FN2O. The Morgan fingerprint density at radius 3 is 2.55 bits per heavy atom. The molecule has 1 amide bonds. The number of aryl methyl sites for hydroxylation is 1. The fraction of sp³-hybridized carbons (Fsp3) is 0.296. The Bertz CT molecular complexity index is 1020. The van der Waals surface area contributed by atoms with Crippen molar-refractivity contribution in [2.45, 2.75) is 32.4 Å². The van der Waals surface area contributed by atoms with Crippen LogP contribution in [0.3, 0.4) is 0 Å². The van der Waals surface area contributed by atoms with Crippen molar-refractivity contribution in [3.8, 4) is 0 Å². The molecule has 1 fully saturated rings. The molecule has 0 unspecified atom stereocenters. The third-order valence-corrected chi connectivity index (χ3v) is 6.07. The number of halogens is 1. The standard InChI is InChI=1S/C27H29FN2O/c1-20-8-7-12-22(14-20)24-15-25(19-30(18-24)17-21-9-3-2-4-10-21)27(31)29-16-23-11-5-6-13-26(23)28/h2-14,24-25H,15-19H2,1H3,(H,29,31)/t24-,25-/m0/s1. The Labute approximate surface area is 183 Å². The molecule has 0 radical (unpaired) electrons. The van der Waals surface area contributed by atoms with Crippen LogP contribution < -0.4 is 5.32 Å². The van der Waals surface area contributed by atoms with Crippen LogP contribution in [-0.4, -0.2) is 23.9 Å². The highest BCUT2D eigenvalue weighted by Crippen LogP contribution is 2.32. The lowest BCUT2D eigenvalue weighted by molar-refractivity contribution is -0.127. The van der Waals surface area contributed by atoms with Gasteiger partial charge in [0.2, 0.25) is 5.91 Å². The van der Waals surface area contributed by atoms with Crippen molar-refractivity contribution in [1.82, 2.24) is 10.2 Å². The van der Waals surface area contributed by atoms with Crippen molar-refractivity contribution >= 4 is 5.91 Å². The van der Waals surface area contributed by atoms with Crippen molar-refractivity contribution in [2.24, 2.45) is 5.92 Å². The van der Waals surface area contributed by atoms with E-state index in [1.54, 1.807) is 18.2 Å². The zero-order valence-corrected chi connectivity index (χ0v) is 17.9. The molecular weight excluding hydrogens is 387 g/mol. The first kappa shape index (κ1) is 21.3. The second kappa shape index (κ2) is 9.88. The minimum absolute atomic E-state index is 0.00123. The summed E-state index contributed by atoms with van der Waals surface area (Å²) in [6, 6.07) is 25.6. The first-order valence-electron chi connectivity index (χ1n) is 10.9. The lowest BCUT2D eigenvalue weighted by atomic mass is 9.83. The number of nitrogens with one attached hydrogen (secondary N) is 1. The highest BCUT2D eigenvalue weighted by atomic mass is 19.1. The van der Waals surface area contributed by atoms with Crippen LogP contribution >= 0.6 is 0 Å². The van der Waals surface area contributed by atoms with E-state index in [0.717, 1.165) is 19.5 Å². The third-order valence-electron chi connectivity index (χ3n) is 6.07. The van der Waals surface area contributed by atoms with Gasteiger partial charge >= 0.3 is 0 Å². The molecule has 1 N–H and O–H groups in total. The SMILES string of the molecule is Cc1cccc([C@H]2C[C@H](C(=O)NCc3ccccc3F)CN(Cc3ccccc3)C2)c1. The maximum absolute atomic E-state index is 13.9. The number of likely N-dealkylation sites (tertiary alicyclic amines) is 1. The minimum Gasteiger partial charge on any atom is -0.352 e. The Kier molecular flexibility index (Phi) is 6.78. The number of hydrogen-bond donors (Lipinski definition) is 1.